The molecule has 0 unspecified atom stereocenters. The van der Waals surface area contributed by atoms with Crippen LogP contribution in [0.15, 0.2) is 59.5 Å². The van der Waals surface area contributed by atoms with Crippen molar-refractivity contribution in [2.24, 2.45) is 4.99 Å². The molecule has 1 heterocycles. The number of methoxy groups -OCH3 is 1. The summed E-state index contributed by atoms with van der Waals surface area (Å²) in [5.74, 6) is 0.340. The molecule has 0 spiro atoms. The van der Waals surface area contributed by atoms with Crippen LogP contribution in [0.1, 0.15) is 24.0 Å². The van der Waals surface area contributed by atoms with Crippen LogP contribution in [0.4, 0.5) is 14.5 Å². The Morgan fingerprint density at radius 3 is 2.78 bits per heavy atom. The Bertz CT molecular complexity index is 909. The Kier molecular flexibility index (Phi) is 5.16. The summed E-state index contributed by atoms with van der Waals surface area (Å²) in [6, 6.07) is 12.1. The van der Waals surface area contributed by atoms with Crippen molar-refractivity contribution < 1.29 is 13.5 Å². The first-order valence-corrected chi connectivity index (χ1v) is 9.92. The minimum Gasteiger partial charge on any atom is -0.496 e. The number of aliphatic imine (C=N–C) groups is 1. The lowest BCUT2D eigenvalue weighted by atomic mass is 10.1. The monoisotopic (exact) mass is 386 g/mol. The highest BCUT2D eigenvalue weighted by atomic mass is 32.2. The Morgan fingerprint density at radius 2 is 2.04 bits per heavy atom. The number of nitrogens with zero attached hydrogens (tertiary/aromatic N) is 2. The molecule has 0 bridgehead atoms. The zero-order valence-electron chi connectivity index (χ0n) is 15.0. The van der Waals surface area contributed by atoms with Gasteiger partial charge in [0.25, 0.3) is 0 Å². The molecule has 0 amide bonds. The lowest BCUT2D eigenvalue weighted by Gasteiger charge is -2.24. The fourth-order valence-electron chi connectivity index (χ4n) is 2.97. The molecule has 2 aliphatic rings. The van der Waals surface area contributed by atoms with E-state index in [1.807, 2.05) is 23.9 Å². The molecule has 2 aromatic rings. The van der Waals surface area contributed by atoms with E-state index in [0.29, 0.717) is 12.2 Å². The fraction of sp³-hybridized carbons (Fsp3) is 0.286. The second-order valence-electron chi connectivity index (χ2n) is 6.62. The predicted octanol–water partition coefficient (Wildman–Crippen LogP) is 5.31. The van der Waals surface area contributed by atoms with E-state index in [9.17, 15) is 8.78 Å². The SMILES string of the molecule is COc1cc(F)ccc1C1=NCN(c2cccc(CSC3CC3)c2)C=C1F. The summed E-state index contributed by atoms with van der Waals surface area (Å²) in [4.78, 5) is 6.16. The zero-order valence-corrected chi connectivity index (χ0v) is 15.8. The molecule has 1 saturated carbocycles. The molecule has 6 heteroatoms. The molecule has 1 aliphatic heterocycles. The van der Waals surface area contributed by atoms with Crippen LogP contribution in [0.2, 0.25) is 0 Å². The fourth-order valence-corrected chi connectivity index (χ4v) is 4.04. The van der Waals surface area contributed by atoms with E-state index < -0.39 is 11.6 Å². The van der Waals surface area contributed by atoms with Gasteiger partial charge in [0.2, 0.25) is 0 Å². The predicted molar refractivity (Wildman–Crippen MR) is 107 cm³/mol. The summed E-state index contributed by atoms with van der Waals surface area (Å²) >= 11 is 1.97. The van der Waals surface area contributed by atoms with Gasteiger partial charge >= 0.3 is 0 Å². The van der Waals surface area contributed by atoms with Crippen molar-refractivity contribution in [3.63, 3.8) is 0 Å². The second kappa shape index (κ2) is 7.72. The molecule has 140 valence electrons. The number of benzene rings is 2. The van der Waals surface area contributed by atoms with E-state index in [-0.39, 0.29) is 11.5 Å². The number of rotatable bonds is 6. The number of thioether (sulfide) groups is 1. The minimum absolute atomic E-state index is 0.184. The van der Waals surface area contributed by atoms with Gasteiger partial charge in [-0.1, -0.05) is 12.1 Å². The Labute approximate surface area is 161 Å². The molecule has 1 fully saturated rings. The maximum absolute atomic E-state index is 14.8. The summed E-state index contributed by atoms with van der Waals surface area (Å²) < 4.78 is 33.4. The Hall–Kier alpha value is -2.34. The van der Waals surface area contributed by atoms with Crippen molar-refractivity contribution >= 4 is 23.2 Å². The molecular formula is C21H20F2N2OS. The van der Waals surface area contributed by atoms with E-state index in [2.05, 4.69) is 17.1 Å². The lowest BCUT2D eigenvalue weighted by molar-refractivity contribution is 0.410. The van der Waals surface area contributed by atoms with Gasteiger partial charge in [-0.25, -0.2) is 8.78 Å². The molecule has 1 aliphatic carbocycles. The highest BCUT2D eigenvalue weighted by Crippen LogP contribution is 2.36. The maximum atomic E-state index is 14.8. The van der Waals surface area contributed by atoms with Crippen molar-refractivity contribution in [2.45, 2.75) is 23.8 Å². The van der Waals surface area contributed by atoms with E-state index in [1.54, 1.807) is 4.90 Å². The quantitative estimate of drug-likeness (QED) is 0.673. The van der Waals surface area contributed by atoms with Gasteiger partial charge in [0, 0.05) is 34.5 Å². The topological polar surface area (TPSA) is 24.8 Å². The van der Waals surface area contributed by atoms with Gasteiger partial charge in [-0.3, -0.25) is 4.99 Å². The van der Waals surface area contributed by atoms with Gasteiger partial charge in [-0.15, -0.1) is 0 Å². The van der Waals surface area contributed by atoms with Crippen LogP contribution in [0, 0.1) is 5.82 Å². The first-order valence-electron chi connectivity index (χ1n) is 8.87. The van der Waals surface area contributed by atoms with E-state index in [1.165, 1.54) is 49.9 Å². The first kappa shape index (κ1) is 18.0. The third-order valence-electron chi connectivity index (χ3n) is 4.55. The molecule has 2 aromatic carbocycles. The molecule has 0 N–H and O–H groups in total. The summed E-state index contributed by atoms with van der Waals surface area (Å²) in [5, 5.41) is 0.804. The van der Waals surface area contributed by atoms with E-state index in [4.69, 9.17) is 4.74 Å². The molecule has 27 heavy (non-hydrogen) atoms. The van der Waals surface area contributed by atoms with Gasteiger partial charge in [-0.2, -0.15) is 11.8 Å². The minimum atomic E-state index is -0.469. The van der Waals surface area contributed by atoms with Crippen molar-refractivity contribution in [3.8, 4) is 5.75 Å². The number of hydrogen-bond donors (Lipinski definition) is 0. The standard InChI is InChI=1S/C21H20F2N2OS/c1-26-20-10-15(22)5-8-18(20)21-19(23)11-25(13-24-21)16-4-2-3-14(9-16)12-27-17-6-7-17/h2-5,8-11,17H,6-7,12-13H2,1H3. The van der Waals surface area contributed by atoms with Crippen molar-refractivity contribution in [1.82, 2.24) is 0 Å². The molecule has 0 aromatic heterocycles. The highest BCUT2D eigenvalue weighted by Gasteiger charge is 2.22. The van der Waals surface area contributed by atoms with Crippen LogP contribution in [-0.2, 0) is 5.75 Å². The van der Waals surface area contributed by atoms with Gasteiger partial charge < -0.3 is 9.64 Å². The van der Waals surface area contributed by atoms with Crippen LogP contribution in [0.5, 0.6) is 5.75 Å². The van der Waals surface area contributed by atoms with Crippen LogP contribution in [0.3, 0.4) is 0 Å². The summed E-state index contributed by atoms with van der Waals surface area (Å²) in [5.41, 5.74) is 2.77. The van der Waals surface area contributed by atoms with Crippen molar-refractivity contribution in [2.75, 3.05) is 18.7 Å². The van der Waals surface area contributed by atoms with E-state index in [0.717, 1.165) is 16.7 Å². The van der Waals surface area contributed by atoms with Gasteiger partial charge in [0.15, 0.2) is 5.83 Å². The van der Waals surface area contributed by atoms with Crippen LogP contribution in [0.25, 0.3) is 0 Å². The van der Waals surface area contributed by atoms with E-state index >= 15 is 0 Å². The number of ether oxygens (including phenoxy) is 1. The number of anilines is 1. The van der Waals surface area contributed by atoms with Crippen molar-refractivity contribution in [1.29, 1.82) is 0 Å². The summed E-state index contributed by atoms with van der Waals surface area (Å²) in [6.45, 7) is 0.294. The molecular weight excluding hydrogens is 366 g/mol. The largest absolute Gasteiger partial charge is 0.496 e. The lowest BCUT2D eigenvalue weighted by Crippen LogP contribution is -2.24. The molecule has 0 atom stereocenters. The third kappa shape index (κ3) is 4.16. The summed E-state index contributed by atoms with van der Waals surface area (Å²) in [7, 11) is 1.43. The number of allylic oxidation sites excluding steroid dienone is 1. The zero-order chi connectivity index (χ0) is 18.8. The number of halogens is 2. The highest BCUT2D eigenvalue weighted by molar-refractivity contribution is 7.99. The normalized spacial score (nSPS) is 16.8. The molecule has 3 nitrogen and oxygen atoms in total. The summed E-state index contributed by atoms with van der Waals surface area (Å²) in [6.07, 6.45) is 4.07. The smallest absolute Gasteiger partial charge is 0.165 e. The van der Waals surface area contributed by atoms with Crippen LogP contribution >= 0.6 is 11.8 Å². The second-order valence-corrected chi connectivity index (χ2v) is 7.91. The van der Waals surface area contributed by atoms with Gasteiger partial charge in [0.1, 0.15) is 23.9 Å². The Morgan fingerprint density at radius 1 is 1.19 bits per heavy atom. The average molecular weight is 386 g/mol. The Balaban J connectivity index is 1.53. The van der Waals surface area contributed by atoms with Gasteiger partial charge in [-0.05, 0) is 42.7 Å². The molecule has 0 saturated heterocycles. The van der Waals surface area contributed by atoms with Crippen LogP contribution < -0.4 is 9.64 Å². The van der Waals surface area contributed by atoms with Crippen molar-refractivity contribution in [3.05, 3.63) is 71.4 Å². The molecule has 4 rings (SSSR count). The average Bonchev–Trinajstić information content (AvgIpc) is 3.51. The van der Waals surface area contributed by atoms with Gasteiger partial charge in [0.05, 0.1) is 7.11 Å². The first-order chi connectivity index (χ1) is 13.1. The number of hydrogen-bond acceptors (Lipinski definition) is 4. The molecule has 0 radical (unpaired) electrons. The third-order valence-corrected chi connectivity index (χ3v) is 5.99. The maximum Gasteiger partial charge on any atom is 0.165 e. The van der Waals surface area contributed by atoms with Crippen LogP contribution in [-0.4, -0.2) is 24.7 Å².